The van der Waals surface area contributed by atoms with E-state index < -0.39 is 11.4 Å². The Bertz CT molecular complexity index is 420. The number of ketones is 1. The summed E-state index contributed by atoms with van der Waals surface area (Å²) in [4.78, 5) is 12.3. The van der Waals surface area contributed by atoms with Gasteiger partial charge in [0.1, 0.15) is 11.4 Å². The second kappa shape index (κ2) is 6.30. The summed E-state index contributed by atoms with van der Waals surface area (Å²) in [6, 6.07) is 4.07. The molecule has 2 nitrogen and oxygen atoms in total. The SMILES string of the molecule is CCC(CC)(OC)C(=O)Cc1ccc(F)cc1Cl. The van der Waals surface area contributed by atoms with Crippen molar-refractivity contribution < 1.29 is 13.9 Å². The first-order chi connectivity index (χ1) is 8.49. The summed E-state index contributed by atoms with van der Waals surface area (Å²) in [6.45, 7) is 3.83. The van der Waals surface area contributed by atoms with E-state index in [1.54, 1.807) is 6.07 Å². The minimum Gasteiger partial charge on any atom is -0.370 e. The van der Waals surface area contributed by atoms with Crippen molar-refractivity contribution in [2.45, 2.75) is 38.7 Å². The second-order valence-electron chi connectivity index (χ2n) is 4.24. The average molecular weight is 273 g/mol. The average Bonchev–Trinajstić information content (AvgIpc) is 2.36. The third-order valence-electron chi connectivity index (χ3n) is 3.41. The van der Waals surface area contributed by atoms with Gasteiger partial charge in [0.25, 0.3) is 0 Å². The largest absolute Gasteiger partial charge is 0.370 e. The molecule has 0 aromatic heterocycles. The van der Waals surface area contributed by atoms with Gasteiger partial charge in [0, 0.05) is 18.6 Å². The Morgan fingerprint density at radius 1 is 1.39 bits per heavy atom. The Hall–Kier alpha value is -0.930. The third kappa shape index (κ3) is 3.09. The number of hydrogen-bond donors (Lipinski definition) is 0. The summed E-state index contributed by atoms with van der Waals surface area (Å²) >= 11 is 5.92. The summed E-state index contributed by atoms with van der Waals surface area (Å²) in [5.41, 5.74) is -0.135. The van der Waals surface area contributed by atoms with Crippen molar-refractivity contribution in [3.63, 3.8) is 0 Å². The predicted octanol–water partition coefficient (Wildman–Crippen LogP) is 3.80. The zero-order valence-corrected chi connectivity index (χ0v) is 11.7. The number of ether oxygens (including phenoxy) is 1. The van der Waals surface area contributed by atoms with Crippen molar-refractivity contribution in [2.75, 3.05) is 7.11 Å². The maximum atomic E-state index is 12.9. The molecule has 0 saturated heterocycles. The first-order valence-electron chi connectivity index (χ1n) is 6.01. The molecule has 0 heterocycles. The van der Waals surface area contributed by atoms with Crippen molar-refractivity contribution in [1.82, 2.24) is 0 Å². The number of Topliss-reactive ketones (excluding diaryl/α,β-unsaturated/α-hetero) is 1. The molecule has 0 aliphatic heterocycles. The van der Waals surface area contributed by atoms with Crippen LogP contribution in [-0.4, -0.2) is 18.5 Å². The molecule has 0 N–H and O–H groups in total. The molecule has 0 amide bonds. The number of carbonyl (C=O) groups is 1. The number of rotatable bonds is 6. The van der Waals surface area contributed by atoms with Gasteiger partial charge in [0.15, 0.2) is 5.78 Å². The van der Waals surface area contributed by atoms with Crippen LogP contribution in [0.5, 0.6) is 0 Å². The lowest BCUT2D eigenvalue weighted by molar-refractivity contribution is -0.141. The molecule has 1 aromatic carbocycles. The number of methoxy groups -OCH3 is 1. The van der Waals surface area contributed by atoms with Crippen LogP contribution in [0.15, 0.2) is 18.2 Å². The quantitative estimate of drug-likeness (QED) is 0.787. The molecule has 0 aliphatic rings. The molecule has 0 saturated carbocycles. The monoisotopic (exact) mass is 272 g/mol. The van der Waals surface area contributed by atoms with Crippen LogP contribution in [0.2, 0.25) is 5.02 Å². The topological polar surface area (TPSA) is 26.3 Å². The minimum absolute atomic E-state index is 0.0245. The van der Waals surface area contributed by atoms with E-state index in [9.17, 15) is 9.18 Å². The van der Waals surface area contributed by atoms with Crippen LogP contribution >= 0.6 is 11.6 Å². The van der Waals surface area contributed by atoms with Gasteiger partial charge in [-0.05, 0) is 30.5 Å². The molecule has 0 bridgehead atoms. The molecule has 0 aliphatic carbocycles. The summed E-state index contributed by atoms with van der Waals surface area (Å²) in [5.74, 6) is -0.427. The molecular formula is C14H18ClFO2. The Morgan fingerprint density at radius 2 is 2.00 bits per heavy atom. The molecule has 18 heavy (non-hydrogen) atoms. The first kappa shape index (κ1) is 15.1. The molecule has 0 radical (unpaired) electrons. The van der Waals surface area contributed by atoms with E-state index in [1.807, 2.05) is 13.8 Å². The standard InChI is InChI=1S/C14H18ClFO2/c1-4-14(5-2,18-3)13(17)8-10-6-7-11(16)9-12(10)15/h6-7,9H,4-5,8H2,1-3H3. The van der Waals surface area contributed by atoms with Crippen LogP contribution < -0.4 is 0 Å². The van der Waals surface area contributed by atoms with Crippen molar-refractivity contribution in [3.05, 3.63) is 34.6 Å². The molecule has 0 unspecified atom stereocenters. The van der Waals surface area contributed by atoms with Gasteiger partial charge < -0.3 is 4.74 Å². The van der Waals surface area contributed by atoms with Crippen LogP contribution in [-0.2, 0) is 16.0 Å². The van der Waals surface area contributed by atoms with Crippen molar-refractivity contribution in [3.8, 4) is 0 Å². The van der Waals surface area contributed by atoms with E-state index >= 15 is 0 Å². The number of carbonyl (C=O) groups excluding carboxylic acids is 1. The molecule has 0 atom stereocenters. The Labute approximate surface area is 112 Å². The first-order valence-corrected chi connectivity index (χ1v) is 6.39. The third-order valence-corrected chi connectivity index (χ3v) is 3.76. The van der Waals surface area contributed by atoms with Crippen LogP contribution in [0.4, 0.5) is 4.39 Å². The van der Waals surface area contributed by atoms with E-state index in [0.717, 1.165) is 0 Å². The second-order valence-corrected chi connectivity index (χ2v) is 4.65. The molecule has 100 valence electrons. The van der Waals surface area contributed by atoms with E-state index in [1.165, 1.54) is 19.2 Å². The zero-order chi connectivity index (χ0) is 13.8. The van der Waals surface area contributed by atoms with E-state index in [2.05, 4.69) is 0 Å². The van der Waals surface area contributed by atoms with Crippen molar-refractivity contribution in [2.24, 2.45) is 0 Å². The van der Waals surface area contributed by atoms with Gasteiger partial charge in [-0.2, -0.15) is 0 Å². The highest BCUT2D eigenvalue weighted by Gasteiger charge is 2.34. The minimum atomic E-state index is -0.766. The lowest BCUT2D eigenvalue weighted by atomic mass is 9.88. The highest BCUT2D eigenvalue weighted by molar-refractivity contribution is 6.31. The van der Waals surface area contributed by atoms with Crippen molar-refractivity contribution >= 4 is 17.4 Å². The van der Waals surface area contributed by atoms with Gasteiger partial charge in [0.05, 0.1) is 0 Å². The highest BCUT2D eigenvalue weighted by atomic mass is 35.5. The summed E-state index contributed by atoms with van der Waals surface area (Å²) in [7, 11) is 1.54. The molecule has 4 heteroatoms. The fraction of sp³-hybridized carbons (Fsp3) is 0.500. The van der Waals surface area contributed by atoms with Gasteiger partial charge in [-0.25, -0.2) is 4.39 Å². The Morgan fingerprint density at radius 3 is 2.44 bits per heavy atom. The summed E-state index contributed by atoms with van der Waals surface area (Å²) in [6.07, 6.45) is 1.38. The molecule has 0 fully saturated rings. The summed E-state index contributed by atoms with van der Waals surface area (Å²) in [5, 5.41) is 0.278. The van der Waals surface area contributed by atoms with Crippen LogP contribution in [0.1, 0.15) is 32.3 Å². The van der Waals surface area contributed by atoms with Gasteiger partial charge in [-0.1, -0.05) is 31.5 Å². The van der Waals surface area contributed by atoms with Crippen LogP contribution in [0.3, 0.4) is 0 Å². The predicted molar refractivity (Wildman–Crippen MR) is 70.4 cm³/mol. The fourth-order valence-corrected chi connectivity index (χ4v) is 2.28. The molecule has 1 rings (SSSR count). The molecule has 1 aromatic rings. The van der Waals surface area contributed by atoms with E-state index in [-0.39, 0.29) is 17.2 Å². The van der Waals surface area contributed by atoms with Gasteiger partial charge in [-0.3, -0.25) is 4.79 Å². The number of benzene rings is 1. The fourth-order valence-electron chi connectivity index (χ4n) is 2.05. The smallest absolute Gasteiger partial charge is 0.168 e. The van der Waals surface area contributed by atoms with Crippen molar-refractivity contribution in [1.29, 1.82) is 0 Å². The molecule has 0 spiro atoms. The van der Waals surface area contributed by atoms with Gasteiger partial charge in [0.2, 0.25) is 0 Å². The number of halogens is 2. The normalized spacial score (nSPS) is 11.6. The van der Waals surface area contributed by atoms with E-state index in [4.69, 9.17) is 16.3 Å². The number of hydrogen-bond acceptors (Lipinski definition) is 2. The Balaban J connectivity index is 2.93. The Kier molecular flexibility index (Phi) is 5.29. The highest BCUT2D eigenvalue weighted by Crippen LogP contribution is 2.25. The maximum absolute atomic E-state index is 12.9. The maximum Gasteiger partial charge on any atom is 0.168 e. The van der Waals surface area contributed by atoms with Gasteiger partial charge in [-0.15, -0.1) is 0 Å². The van der Waals surface area contributed by atoms with Gasteiger partial charge >= 0.3 is 0 Å². The van der Waals surface area contributed by atoms with E-state index in [0.29, 0.717) is 18.4 Å². The summed E-state index contributed by atoms with van der Waals surface area (Å²) < 4.78 is 18.3. The lowest BCUT2D eigenvalue weighted by Crippen LogP contribution is -2.40. The zero-order valence-electron chi connectivity index (χ0n) is 10.9. The van der Waals surface area contributed by atoms with Crippen LogP contribution in [0, 0.1) is 5.82 Å². The van der Waals surface area contributed by atoms with Crippen LogP contribution in [0.25, 0.3) is 0 Å². The molecular weight excluding hydrogens is 255 g/mol. The lowest BCUT2D eigenvalue weighted by Gasteiger charge is -2.28.